The molecule has 0 spiro atoms. The number of amides is 1. The summed E-state index contributed by atoms with van der Waals surface area (Å²) >= 11 is 1.14. The number of aryl methyl sites for hydroxylation is 1. The molecule has 25 heavy (non-hydrogen) atoms. The quantitative estimate of drug-likeness (QED) is 0.761. The summed E-state index contributed by atoms with van der Waals surface area (Å²) in [6.07, 6.45) is -0.707. The van der Waals surface area contributed by atoms with Gasteiger partial charge in [0.15, 0.2) is 17.6 Å². The number of ether oxygens (including phenoxy) is 2. The summed E-state index contributed by atoms with van der Waals surface area (Å²) in [6, 6.07) is 12.5. The third-order valence-corrected chi connectivity index (χ3v) is 4.80. The van der Waals surface area contributed by atoms with E-state index in [4.69, 9.17) is 9.47 Å². The highest BCUT2D eigenvalue weighted by atomic mass is 32.1. The first-order valence-electron chi connectivity index (χ1n) is 7.69. The van der Waals surface area contributed by atoms with Gasteiger partial charge in [-0.1, -0.05) is 23.5 Å². The Morgan fingerprint density at radius 1 is 1.20 bits per heavy atom. The van der Waals surface area contributed by atoms with Gasteiger partial charge in [-0.05, 0) is 37.3 Å². The minimum atomic E-state index is -0.707. The zero-order valence-electron chi connectivity index (χ0n) is 14.1. The van der Waals surface area contributed by atoms with Crippen molar-refractivity contribution in [2.45, 2.75) is 13.0 Å². The van der Waals surface area contributed by atoms with Crippen LogP contribution < -0.4 is 19.7 Å². The Kier molecular flexibility index (Phi) is 4.76. The number of hydrogen-bond donors (Lipinski definition) is 1. The number of fused-ring (bicyclic) bond motifs is 1. The number of nitrogens with one attached hydrogen (secondary N) is 1. The van der Waals surface area contributed by atoms with Crippen LogP contribution in [0.25, 0.3) is 10.2 Å². The predicted molar refractivity (Wildman–Crippen MR) is 98.8 cm³/mol. The number of benzene rings is 2. The molecule has 130 valence electrons. The topological polar surface area (TPSA) is 69.6 Å². The first-order chi connectivity index (χ1) is 12.0. The van der Waals surface area contributed by atoms with Gasteiger partial charge < -0.3 is 19.4 Å². The van der Waals surface area contributed by atoms with Gasteiger partial charge in [0.2, 0.25) is 0 Å². The third kappa shape index (κ3) is 3.51. The van der Waals surface area contributed by atoms with E-state index in [0.29, 0.717) is 17.2 Å². The van der Waals surface area contributed by atoms with Crippen molar-refractivity contribution in [3.63, 3.8) is 0 Å². The molecule has 1 N–H and O–H groups in total. The molecule has 0 aliphatic rings. The molecule has 3 aromatic rings. The van der Waals surface area contributed by atoms with Crippen molar-refractivity contribution in [1.82, 2.24) is 4.57 Å². The Hall–Kier alpha value is -2.80. The Labute approximate surface area is 148 Å². The summed E-state index contributed by atoms with van der Waals surface area (Å²) in [7, 11) is 3.27. The molecular weight excluding hydrogens is 340 g/mol. The number of hydrogen-bond acceptors (Lipinski definition) is 5. The average Bonchev–Trinajstić information content (AvgIpc) is 2.89. The van der Waals surface area contributed by atoms with Crippen LogP contribution >= 0.6 is 11.3 Å². The molecule has 0 saturated carbocycles. The lowest BCUT2D eigenvalue weighted by atomic mass is 10.2. The highest BCUT2D eigenvalue weighted by Gasteiger charge is 2.17. The van der Waals surface area contributed by atoms with Crippen LogP contribution in [0.5, 0.6) is 11.5 Å². The van der Waals surface area contributed by atoms with Crippen LogP contribution in [-0.2, 0) is 11.8 Å². The normalized spacial score (nSPS) is 12.0. The van der Waals surface area contributed by atoms with Crippen LogP contribution in [0.2, 0.25) is 0 Å². The SMILES string of the molecule is COc1ccccc1O[C@@H](C)C(=O)Nc1ccc2c(c1)sc(=O)n2C. The lowest BCUT2D eigenvalue weighted by molar-refractivity contribution is -0.122. The fraction of sp³-hybridized carbons (Fsp3) is 0.222. The highest BCUT2D eigenvalue weighted by molar-refractivity contribution is 7.16. The van der Waals surface area contributed by atoms with Gasteiger partial charge in [-0.3, -0.25) is 9.59 Å². The fourth-order valence-electron chi connectivity index (χ4n) is 2.42. The summed E-state index contributed by atoms with van der Waals surface area (Å²) in [5.41, 5.74) is 1.46. The Bertz CT molecular complexity index is 977. The molecule has 1 aromatic heterocycles. The zero-order valence-corrected chi connectivity index (χ0v) is 14.9. The lowest BCUT2D eigenvalue weighted by Gasteiger charge is -2.16. The van der Waals surface area contributed by atoms with E-state index in [-0.39, 0.29) is 10.8 Å². The maximum atomic E-state index is 12.4. The second-order valence-corrected chi connectivity index (χ2v) is 6.50. The van der Waals surface area contributed by atoms with Gasteiger partial charge in [-0.2, -0.15) is 0 Å². The van der Waals surface area contributed by atoms with Crippen LogP contribution in [0.1, 0.15) is 6.92 Å². The van der Waals surface area contributed by atoms with E-state index in [2.05, 4.69) is 5.32 Å². The number of anilines is 1. The number of methoxy groups -OCH3 is 1. The van der Waals surface area contributed by atoms with Gasteiger partial charge in [0.25, 0.3) is 5.91 Å². The monoisotopic (exact) mass is 358 g/mol. The Balaban J connectivity index is 1.74. The van der Waals surface area contributed by atoms with Gasteiger partial charge in [0.05, 0.1) is 17.3 Å². The molecule has 7 heteroatoms. The summed E-state index contributed by atoms with van der Waals surface area (Å²) < 4.78 is 13.3. The summed E-state index contributed by atoms with van der Waals surface area (Å²) in [4.78, 5) is 24.1. The molecule has 1 amide bonds. The van der Waals surface area contributed by atoms with Crippen molar-refractivity contribution in [3.05, 3.63) is 52.1 Å². The second-order valence-electron chi connectivity index (χ2n) is 5.51. The van der Waals surface area contributed by atoms with Crippen molar-refractivity contribution < 1.29 is 14.3 Å². The molecule has 1 atom stereocenters. The first-order valence-corrected chi connectivity index (χ1v) is 8.51. The fourth-order valence-corrected chi connectivity index (χ4v) is 3.33. The molecule has 0 radical (unpaired) electrons. The van der Waals surface area contributed by atoms with Crippen molar-refractivity contribution in [3.8, 4) is 11.5 Å². The van der Waals surface area contributed by atoms with Crippen LogP contribution in [0.15, 0.2) is 47.3 Å². The minimum Gasteiger partial charge on any atom is -0.493 e. The standard InChI is InChI=1S/C18H18N2O4S/c1-11(24-15-7-5-4-6-14(15)23-3)17(21)19-12-8-9-13-16(10-12)25-18(22)20(13)2/h4-11H,1-3H3,(H,19,21)/t11-/m0/s1. The molecule has 0 bridgehead atoms. The van der Waals surface area contributed by atoms with Crippen molar-refractivity contribution >= 4 is 33.1 Å². The Morgan fingerprint density at radius 3 is 2.64 bits per heavy atom. The van der Waals surface area contributed by atoms with Crippen LogP contribution in [-0.4, -0.2) is 23.7 Å². The maximum absolute atomic E-state index is 12.4. The number of thiazole rings is 1. The van der Waals surface area contributed by atoms with Gasteiger partial charge in [-0.25, -0.2) is 0 Å². The molecule has 6 nitrogen and oxygen atoms in total. The Morgan fingerprint density at radius 2 is 1.92 bits per heavy atom. The van der Waals surface area contributed by atoms with Gasteiger partial charge in [0.1, 0.15) is 0 Å². The molecule has 1 heterocycles. The van der Waals surface area contributed by atoms with E-state index in [1.165, 1.54) is 0 Å². The summed E-state index contributed by atoms with van der Waals surface area (Å²) in [5, 5.41) is 2.81. The van der Waals surface area contributed by atoms with Crippen molar-refractivity contribution in [1.29, 1.82) is 0 Å². The predicted octanol–water partition coefficient (Wildman–Crippen LogP) is 3.01. The number of aromatic nitrogens is 1. The molecule has 0 aliphatic heterocycles. The van der Waals surface area contributed by atoms with Gasteiger partial charge in [-0.15, -0.1) is 0 Å². The molecular formula is C18H18N2O4S. The number of nitrogens with zero attached hydrogens (tertiary/aromatic N) is 1. The molecule has 0 aliphatic carbocycles. The smallest absolute Gasteiger partial charge is 0.307 e. The van der Waals surface area contributed by atoms with E-state index < -0.39 is 6.10 Å². The van der Waals surface area contributed by atoms with E-state index in [1.54, 1.807) is 49.9 Å². The van der Waals surface area contributed by atoms with E-state index in [9.17, 15) is 9.59 Å². The summed E-state index contributed by atoms with van der Waals surface area (Å²) in [6.45, 7) is 1.67. The van der Waals surface area contributed by atoms with Crippen molar-refractivity contribution in [2.24, 2.45) is 7.05 Å². The number of para-hydroxylation sites is 2. The largest absolute Gasteiger partial charge is 0.493 e. The number of rotatable bonds is 5. The lowest BCUT2D eigenvalue weighted by Crippen LogP contribution is -2.30. The van der Waals surface area contributed by atoms with E-state index >= 15 is 0 Å². The number of carbonyl (C=O) groups excluding carboxylic acids is 1. The summed E-state index contributed by atoms with van der Waals surface area (Å²) in [5.74, 6) is 0.788. The van der Waals surface area contributed by atoms with E-state index in [0.717, 1.165) is 21.6 Å². The molecule has 0 saturated heterocycles. The molecule has 0 unspecified atom stereocenters. The van der Waals surface area contributed by atoms with E-state index in [1.807, 2.05) is 18.2 Å². The van der Waals surface area contributed by atoms with Gasteiger partial charge in [0, 0.05) is 12.7 Å². The average molecular weight is 358 g/mol. The second kappa shape index (κ2) is 6.98. The minimum absolute atomic E-state index is 0.0358. The van der Waals surface area contributed by atoms with Crippen LogP contribution in [0.3, 0.4) is 0 Å². The molecule has 3 rings (SSSR count). The van der Waals surface area contributed by atoms with Crippen LogP contribution in [0.4, 0.5) is 5.69 Å². The highest BCUT2D eigenvalue weighted by Crippen LogP contribution is 2.27. The van der Waals surface area contributed by atoms with Crippen molar-refractivity contribution in [2.75, 3.05) is 12.4 Å². The molecule has 2 aromatic carbocycles. The molecule has 0 fully saturated rings. The third-order valence-electron chi connectivity index (χ3n) is 3.80. The zero-order chi connectivity index (χ0) is 18.0. The van der Waals surface area contributed by atoms with Crippen LogP contribution in [0, 0.1) is 0 Å². The number of carbonyl (C=O) groups is 1. The maximum Gasteiger partial charge on any atom is 0.307 e. The van der Waals surface area contributed by atoms with Gasteiger partial charge >= 0.3 is 4.87 Å². The first kappa shape index (κ1) is 17.0.